The van der Waals surface area contributed by atoms with Crippen LogP contribution in [-0.4, -0.2) is 25.5 Å². The fourth-order valence-corrected chi connectivity index (χ4v) is 2.16. The van der Waals surface area contributed by atoms with Gasteiger partial charge in [0, 0.05) is 0 Å². The molecule has 0 heterocycles. The largest absolute Gasteiger partial charge is 0.344 e. The van der Waals surface area contributed by atoms with E-state index >= 15 is 0 Å². The summed E-state index contributed by atoms with van der Waals surface area (Å²) in [6.45, 7) is 0. The van der Waals surface area contributed by atoms with Crippen LogP contribution in [0.25, 0.3) is 0 Å². The molecule has 0 unspecified atom stereocenters. The van der Waals surface area contributed by atoms with E-state index < -0.39 is 21.1 Å². The first-order valence-electron chi connectivity index (χ1n) is 1.80. The highest BCUT2D eigenvalue weighted by molar-refractivity contribution is 7.69. The second-order valence-corrected chi connectivity index (χ2v) is 5.26. The Hall–Kier alpha value is 0.140. The Morgan fingerprint density at radius 1 is 0.692 bits per heavy atom. The molecule has 13 heavy (non-hydrogen) atoms. The first-order chi connectivity index (χ1) is 3.71. The Morgan fingerprint density at radius 3 is 0.846 bits per heavy atom. The molecule has 88 valence electrons. The van der Waals surface area contributed by atoms with Crippen molar-refractivity contribution in [2.45, 2.75) is 0 Å². The van der Waals surface area contributed by atoms with Crippen LogP contribution in [0, 0.1) is 0 Å². The van der Waals surface area contributed by atoms with Crippen molar-refractivity contribution in [3.8, 4) is 0 Å². The van der Waals surface area contributed by atoms with Gasteiger partial charge in [-0.3, -0.25) is 9.13 Å². The SMILES string of the molecule is N.N.N.N.O=P(O)(O)CP(=O)(O)O. The van der Waals surface area contributed by atoms with Gasteiger partial charge in [-0.05, 0) is 0 Å². The molecule has 0 aliphatic heterocycles. The van der Waals surface area contributed by atoms with Crippen LogP contribution in [0.4, 0.5) is 0 Å². The molecule has 0 spiro atoms. The van der Waals surface area contributed by atoms with E-state index in [1.54, 1.807) is 0 Å². The van der Waals surface area contributed by atoms with Crippen molar-refractivity contribution in [2.24, 2.45) is 0 Å². The molecule has 0 aromatic heterocycles. The lowest BCUT2D eigenvalue weighted by Crippen LogP contribution is -1.88. The maximum atomic E-state index is 9.85. The highest BCUT2D eigenvalue weighted by atomic mass is 31.2. The molecule has 0 atom stereocenters. The minimum Gasteiger partial charge on any atom is -0.344 e. The zero-order chi connectivity index (χ0) is 7.71. The monoisotopic (exact) mass is 244 g/mol. The highest BCUT2D eigenvalue weighted by Crippen LogP contribution is 2.51. The zero-order valence-corrected chi connectivity index (χ0v) is 8.82. The van der Waals surface area contributed by atoms with Crippen molar-refractivity contribution in [3.05, 3.63) is 0 Å². The van der Waals surface area contributed by atoms with Crippen LogP contribution in [0.3, 0.4) is 0 Å². The van der Waals surface area contributed by atoms with E-state index in [9.17, 15) is 9.13 Å². The van der Waals surface area contributed by atoms with Gasteiger partial charge >= 0.3 is 15.2 Å². The van der Waals surface area contributed by atoms with Gasteiger partial charge in [0.15, 0.2) is 5.90 Å². The maximum Gasteiger partial charge on any atom is 0.337 e. The second-order valence-electron chi connectivity index (χ2n) is 1.47. The molecule has 0 bridgehead atoms. The Balaban J connectivity index is -0.0000000533. The smallest absolute Gasteiger partial charge is 0.337 e. The van der Waals surface area contributed by atoms with Crippen LogP contribution in [0.1, 0.15) is 0 Å². The lowest BCUT2D eigenvalue weighted by Gasteiger charge is -2.03. The fraction of sp³-hybridized carbons (Fsp3) is 1.00. The Labute approximate surface area is 75.4 Å². The van der Waals surface area contributed by atoms with Gasteiger partial charge in [-0.15, -0.1) is 0 Å². The topological polar surface area (TPSA) is 255 Å². The van der Waals surface area contributed by atoms with Gasteiger partial charge in [0.1, 0.15) is 0 Å². The van der Waals surface area contributed by atoms with Gasteiger partial charge in [0.2, 0.25) is 0 Å². The normalized spacial score (nSPS) is 9.54. The van der Waals surface area contributed by atoms with Crippen LogP contribution in [0.15, 0.2) is 0 Å². The Kier molecular flexibility index (Phi) is 19.6. The van der Waals surface area contributed by atoms with Crippen LogP contribution in [-0.2, 0) is 9.13 Å². The lowest BCUT2D eigenvalue weighted by molar-refractivity contribution is 0.357. The average molecular weight is 244 g/mol. The molecule has 0 rings (SSSR count). The van der Waals surface area contributed by atoms with Crippen LogP contribution in [0.5, 0.6) is 0 Å². The van der Waals surface area contributed by atoms with E-state index in [4.69, 9.17) is 19.6 Å². The summed E-state index contributed by atoms with van der Waals surface area (Å²) in [5.74, 6) is -1.38. The Bertz CT molecular complexity index is 163. The van der Waals surface area contributed by atoms with Crippen molar-refractivity contribution in [2.75, 3.05) is 5.90 Å². The summed E-state index contributed by atoms with van der Waals surface area (Å²) in [4.78, 5) is 31.9. The van der Waals surface area contributed by atoms with Crippen LogP contribution < -0.4 is 24.6 Å². The molecule has 12 heteroatoms. The summed E-state index contributed by atoms with van der Waals surface area (Å²) in [6, 6.07) is 0. The maximum absolute atomic E-state index is 9.85. The predicted molar refractivity (Wildman–Crippen MR) is 49.0 cm³/mol. The summed E-state index contributed by atoms with van der Waals surface area (Å²) in [5, 5.41) is 0. The highest BCUT2D eigenvalue weighted by Gasteiger charge is 2.26. The minimum atomic E-state index is -4.55. The molecule has 0 aromatic carbocycles. The number of hydrogen-bond acceptors (Lipinski definition) is 6. The van der Waals surface area contributed by atoms with Gasteiger partial charge in [0.05, 0.1) is 0 Å². The molecular weight excluding hydrogens is 226 g/mol. The molecule has 0 aliphatic carbocycles. The van der Waals surface area contributed by atoms with Gasteiger partial charge in [-0.25, -0.2) is 0 Å². The second kappa shape index (κ2) is 8.73. The number of rotatable bonds is 2. The summed E-state index contributed by atoms with van der Waals surface area (Å²) >= 11 is 0. The zero-order valence-electron chi connectivity index (χ0n) is 7.04. The minimum absolute atomic E-state index is 0. The molecule has 0 radical (unpaired) electrons. The van der Waals surface area contributed by atoms with Crippen molar-refractivity contribution in [1.82, 2.24) is 24.6 Å². The summed E-state index contributed by atoms with van der Waals surface area (Å²) in [5.41, 5.74) is 0. The van der Waals surface area contributed by atoms with E-state index in [-0.39, 0.29) is 24.6 Å². The van der Waals surface area contributed by atoms with Gasteiger partial charge in [0.25, 0.3) is 0 Å². The van der Waals surface area contributed by atoms with E-state index in [0.717, 1.165) is 0 Å². The predicted octanol–water partition coefficient (Wildman–Crippen LogP) is -0.0527. The number of hydrogen-bond donors (Lipinski definition) is 8. The van der Waals surface area contributed by atoms with Gasteiger partial charge in [-0.2, -0.15) is 0 Å². The molecular formula is CH18N4O6P2. The molecule has 16 N–H and O–H groups in total. The van der Waals surface area contributed by atoms with E-state index in [0.29, 0.717) is 0 Å². The van der Waals surface area contributed by atoms with Crippen molar-refractivity contribution >= 4 is 15.2 Å². The van der Waals surface area contributed by atoms with Crippen LogP contribution >= 0.6 is 15.2 Å². The molecule has 0 amide bonds. The molecule has 0 saturated heterocycles. The first kappa shape index (κ1) is 29.2. The third-order valence-corrected chi connectivity index (χ3v) is 3.32. The quantitative estimate of drug-likeness (QED) is 0.300. The van der Waals surface area contributed by atoms with Gasteiger partial charge in [-0.1, -0.05) is 0 Å². The lowest BCUT2D eigenvalue weighted by atomic mass is 11.9. The van der Waals surface area contributed by atoms with Gasteiger partial charge < -0.3 is 44.2 Å². The first-order valence-corrected chi connectivity index (χ1v) is 5.39. The van der Waals surface area contributed by atoms with E-state index in [1.807, 2.05) is 0 Å². The Morgan fingerprint density at radius 2 is 0.846 bits per heavy atom. The molecule has 0 aromatic rings. The average Bonchev–Trinajstić information content (AvgIpc) is 1.14. The molecule has 0 fully saturated rings. The van der Waals surface area contributed by atoms with E-state index in [1.165, 1.54) is 0 Å². The standard InChI is InChI=1S/CH6O6P2.4H3N/c2-8(3,4)1-9(5,6)7;;;;/h1H2,(H2,2,3,4)(H2,5,6,7);4*1H3. The molecule has 0 saturated carbocycles. The van der Waals surface area contributed by atoms with E-state index in [2.05, 4.69) is 0 Å². The third kappa shape index (κ3) is 33.1. The van der Waals surface area contributed by atoms with Crippen LogP contribution in [0.2, 0.25) is 0 Å². The van der Waals surface area contributed by atoms with Crippen molar-refractivity contribution in [1.29, 1.82) is 0 Å². The summed E-state index contributed by atoms with van der Waals surface area (Å²) in [6.07, 6.45) is 0. The molecule has 0 aliphatic rings. The van der Waals surface area contributed by atoms with Crippen molar-refractivity contribution < 1.29 is 28.7 Å². The third-order valence-electron chi connectivity index (χ3n) is 0.368. The van der Waals surface area contributed by atoms with Crippen molar-refractivity contribution in [3.63, 3.8) is 0 Å². The molecule has 10 nitrogen and oxygen atoms in total. The summed E-state index contributed by atoms with van der Waals surface area (Å²) in [7, 11) is -9.10. The fourth-order valence-electron chi connectivity index (χ4n) is 0.240. The summed E-state index contributed by atoms with van der Waals surface area (Å²) < 4.78 is 19.7.